The molecule has 5 heterocycles. The normalized spacial score (nSPS) is 22.9. The summed E-state index contributed by atoms with van der Waals surface area (Å²) >= 11 is 3.40. The van der Waals surface area contributed by atoms with Gasteiger partial charge in [0.05, 0.1) is 18.4 Å². The lowest BCUT2D eigenvalue weighted by molar-refractivity contribution is -0.0316. The van der Waals surface area contributed by atoms with Gasteiger partial charge >= 0.3 is 0 Å². The number of ether oxygens (including phenoxy) is 1. The first-order chi connectivity index (χ1) is 14.6. The van der Waals surface area contributed by atoms with E-state index in [9.17, 15) is 4.79 Å². The lowest BCUT2D eigenvalue weighted by Gasteiger charge is -2.49. The Labute approximate surface area is 182 Å². The first kappa shape index (κ1) is 19.2. The van der Waals surface area contributed by atoms with Crippen LogP contribution >= 0.6 is 15.9 Å². The highest BCUT2D eigenvalue weighted by molar-refractivity contribution is 9.10. The van der Waals surface area contributed by atoms with Gasteiger partial charge in [-0.25, -0.2) is 9.97 Å². The molecule has 0 spiro atoms. The largest absolute Gasteiger partial charge is 0.472 e. The fourth-order valence-electron chi connectivity index (χ4n) is 4.42. The molecular weight excluding hydrogens is 448 g/mol. The number of hydrogen-bond acceptors (Lipinski definition) is 6. The van der Waals surface area contributed by atoms with Crippen LogP contribution in [0, 0.1) is 12.8 Å². The summed E-state index contributed by atoms with van der Waals surface area (Å²) in [7, 11) is 0. The number of hydrogen-bond donors (Lipinski definition) is 0. The van der Waals surface area contributed by atoms with E-state index in [1.165, 1.54) is 4.80 Å². The van der Waals surface area contributed by atoms with Crippen molar-refractivity contribution in [2.45, 2.75) is 38.3 Å². The number of amides is 1. The Morgan fingerprint density at radius 3 is 2.73 bits per heavy atom. The molecule has 0 aromatic carbocycles. The molecule has 2 saturated heterocycles. The molecule has 0 N–H and O–H groups in total. The summed E-state index contributed by atoms with van der Waals surface area (Å²) in [5, 5.41) is 8.38. The molecule has 6 rings (SSSR count). The Hall–Kier alpha value is -2.81. The van der Waals surface area contributed by atoms with Gasteiger partial charge in [-0.1, -0.05) is 0 Å². The van der Waals surface area contributed by atoms with Crippen LogP contribution in [0.5, 0.6) is 5.88 Å². The minimum absolute atomic E-state index is 0.00584. The van der Waals surface area contributed by atoms with Crippen LogP contribution in [0.3, 0.4) is 0 Å². The third-order valence-electron chi connectivity index (χ3n) is 5.80. The van der Waals surface area contributed by atoms with Gasteiger partial charge in [-0.15, -0.1) is 4.80 Å². The van der Waals surface area contributed by atoms with Crippen molar-refractivity contribution in [3.8, 4) is 11.6 Å². The lowest BCUT2D eigenvalue weighted by atomic mass is 9.77. The van der Waals surface area contributed by atoms with E-state index in [-0.39, 0.29) is 18.1 Å². The molecule has 3 fully saturated rings. The first-order valence-electron chi connectivity index (χ1n) is 10.0. The van der Waals surface area contributed by atoms with Crippen LogP contribution in [0.1, 0.15) is 35.4 Å². The van der Waals surface area contributed by atoms with Crippen molar-refractivity contribution in [2.75, 3.05) is 6.54 Å². The van der Waals surface area contributed by atoms with Crippen molar-refractivity contribution in [3.05, 3.63) is 58.7 Å². The Bertz CT molecular complexity index is 1060. The maximum Gasteiger partial charge on any atom is 0.275 e. The molecule has 3 atom stereocenters. The number of aromatic nitrogens is 5. The summed E-state index contributed by atoms with van der Waals surface area (Å²) in [6, 6.07) is 7.46. The molecule has 154 valence electrons. The third-order valence-corrected chi connectivity index (χ3v) is 6.27. The summed E-state index contributed by atoms with van der Waals surface area (Å²) in [6.07, 6.45) is 7.78. The molecule has 3 aliphatic rings. The fraction of sp³-hybridized carbons (Fsp3) is 0.381. The number of pyridine rings is 2. The highest BCUT2D eigenvalue weighted by Gasteiger charge is 2.45. The molecular formula is C21H21BrN6O2. The van der Waals surface area contributed by atoms with E-state index in [0.29, 0.717) is 23.2 Å². The highest BCUT2D eigenvalue weighted by atomic mass is 79.9. The minimum atomic E-state index is -0.0993. The average Bonchev–Trinajstić information content (AvgIpc) is 3.30. The van der Waals surface area contributed by atoms with Gasteiger partial charge in [0.1, 0.15) is 11.8 Å². The zero-order valence-corrected chi connectivity index (χ0v) is 18.1. The Morgan fingerprint density at radius 2 is 2.00 bits per heavy atom. The molecule has 8 nitrogen and oxygen atoms in total. The number of halogens is 1. The number of piperidine rings is 2. The number of rotatable bonds is 4. The van der Waals surface area contributed by atoms with E-state index >= 15 is 0 Å². The van der Waals surface area contributed by atoms with E-state index < -0.39 is 0 Å². The third kappa shape index (κ3) is 3.58. The standard InChI is InChI=1S/C21H21BrN6O2/c1-13-2-5-17(28-24-8-9-25-28)20(26-13)21(29)27-12-14-3-6-16(27)18(10-14)30-19-7-4-15(22)11-23-19/h2,4-5,7-9,11,14,16,18H,3,6,10,12H2,1H3. The first-order valence-corrected chi connectivity index (χ1v) is 10.8. The Morgan fingerprint density at radius 1 is 1.17 bits per heavy atom. The number of carbonyl (C=O) groups is 1. The number of aryl methyl sites for hydroxylation is 1. The van der Waals surface area contributed by atoms with Crippen molar-refractivity contribution in [1.29, 1.82) is 0 Å². The quantitative estimate of drug-likeness (QED) is 0.584. The second-order valence-electron chi connectivity index (χ2n) is 7.81. The predicted octanol–water partition coefficient (Wildman–Crippen LogP) is 3.20. The summed E-state index contributed by atoms with van der Waals surface area (Å²) in [5.74, 6) is 0.895. The molecule has 3 aromatic rings. The SMILES string of the molecule is Cc1ccc(-n2nccn2)c(C(=O)N2CC3CCC2C(Oc2ccc(Br)cn2)C3)n1. The average molecular weight is 469 g/mol. The molecule has 0 radical (unpaired) electrons. The van der Waals surface area contributed by atoms with E-state index in [0.717, 1.165) is 36.0 Å². The van der Waals surface area contributed by atoms with Gasteiger partial charge in [-0.3, -0.25) is 4.79 Å². The van der Waals surface area contributed by atoms with Gasteiger partial charge in [0.2, 0.25) is 5.88 Å². The van der Waals surface area contributed by atoms with E-state index in [1.807, 2.05) is 36.1 Å². The zero-order valence-electron chi connectivity index (χ0n) is 16.5. The Balaban J connectivity index is 1.44. The molecule has 1 amide bonds. The molecule has 30 heavy (non-hydrogen) atoms. The molecule has 3 unspecified atom stereocenters. The van der Waals surface area contributed by atoms with E-state index in [2.05, 4.69) is 36.1 Å². The van der Waals surface area contributed by atoms with Crippen LogP contribution in [-0.2, 0) is 0 Å². The predicted molar refractivity (Wildman–Crippen MR) is 112 cm³/mol. The van der Waals surface area contributed by atoms with Crippen LogP contribution in [-0.4, -0.2) is 54.5 Å². The van der Waals surface area contributed by atoms with Crippen molar-refractivity contribution in [3.63, 3.8) is 0 Å². The second-order valence-corrected chi connectivity index (χ2v) is 8.73. The smallest absolute Gasteiger partial charge is 0.275 e. The second kappa shape index (κ2) is 7.79. The molecule has 2 bridgehead atoms. The van der Waals surface area contributed by atoms with Crippen LogP contribution in [0.15, 0.2) is 47.3 Å². The summed E-state index contributed by atoms with van der Waals surface area (Å²) in [4.78, 5) is 25.9. The number of carbonyl (C=O) groups excluding carboxylic acids is 1. The summed E-state index contributed by atoms with van der Waals surface area (Å²) in [5.41, 5.74) is 1.74. The van der Waals surface area contributed by atoms with E-state index in [4.69, 9.17) is 4.74 Å². The van der Waals surface area contributed by atoms with Gasteiger partial charge in [0, 0.05) is 29.0 Å². The maximum atomic E-state index is 13.6. The van der Waals surface area contributed by atoms with E-state index in [1.54, 1.807) is 18.6 Å². The summed E-state index contributed by atoms with van der Waals surface area (Å²) in [6.45, 7) is 2.60. The van der Waals surface area contributed by atoms with Gasteiger partial charge in [0.15, 0.2) is 5.69 Å². The fourth-order valence-corrected chi connectivity index (χ4v) is 4.66. The van der Waals surface area contributed by atoms with Crippen molar-refractivity contribution in [1.82, 2.24) is 29.9 Å². The van der Waals surface area contributed by atoms with Gasteiger partial charge in [0.25, 0.3) is 5.91 Å². The maximum absolute atomic E-state index is 13.6. The Kier molecular flexibility index (Phi) is 4.98. The topological polar surface area (TPSA) is 86.0 Å². The van der Waals surface area contributed by atoms with Crippen molar-refractivity contribution >= 4 is 21.8 Å². The van der Waals surface area contributed by atoms with Crippen LogP contribution in [0.2, 0.25) is 0 Å². The van der Waals surface area contributed by atoms with Crippen LogP contribution in [0.25, 0.3) is 5.69 Å². The van der Waals surface area contributed by atoms with Crippen LogP contribution in [0.4, 0.5) is 0 Å². The number of nitrogens with zero attached hydrogens (tertiary/aromatic N) is 6. The van der Waals surface area contributed by atoms with Gasteiger partial charge in [-0.05, 0) is 66.2 Å². The van der Waals surface area contributed by atoms with Crippen molar-refractivity contribution < 1.29 is 9.53 Å². The minimum Gasteiger partial charge on any atom is -0.472 e. The molecule has 3 aromatic heterocycles. The van der Waals surface area contributed by atoms with Gasteiger partial charge in [-0.2, -0.15) is 10.2 Å². The molecule has 9 heteroatoms. The zero-order chi connectivity index (χ0) is 20.7. The molecule has 2 aliphatic heterocycles. The lowest BCUT2D eigenvalue weighted by Crippen LogP contribution is -2.59. The van der Waals surface area contributed by atoms with Crippen molar-refractivity contribution in [2.24, 2.45) is 5.92 Å². The van der Waals surface area contributed by atoms with Crippen LogP contribution < -0.4 is 4.74 Å². The highest BCUT2D eigenvalue weighted by Crippen LogP contribution is 2.38. The molecule has 1 aliphatic carbocycles. The number of fused-ring (bicyclic) bond motifs is 3. The van der Waals surface area contributed by atoms with Gasteiger partial charge < -0.3 is 9.64 Å². The monoisotopic (exact) mass is 468 g/mol. The molecule has 1 saturated carbocycles. The summed E-state index contributed by atoms with van der Waals surface area (Å²) < 4.78 is 7.12.